The smallest absolute Gasteiger partial charge is 0.340 e. The van der Waals surface area contributed by atoms with Crippen molar-refractivity contribution < 1.29 is 22.7 Å². The summed E-state index contributed by atoms with van der Waals surface area (Å²) >= 11 is 0. The molecule has 0 bridgehead atoms. The van der Waals surface area contributed by atoms with Crippen molar-refractivity contribution in [1.82, 2.24) is 0 Å². The van der Waals surface area contributed by atoms with E-state index < -0.39 is 21.9 Å². The Bertz CT molecular complexity index is 975. The standard InChI is InChI=1S/C20H20O5S/c1-13(19(21)16-11-10-14-6-5-7-15(14)12-16)25-20(22)17-8-3-4-9-18(17)26(2,23)24/h3-4,8-13H,5-7H2,1-2H3/t13-/m1/s1. The predicted octanol–water partition coefficient (Wildman–Crippen LogP) is 3.01. The number of carbonyl (C=O) groups is 2. The largest absolute Gasteiger partial charge is 0.451 e. The van der Waals surface area contributed by atoms with Crippen LogP contribution in [0.15, 0.2) is 47.4 Å². The molecule has 0 unspecified atom stereocenters. The van der Waals surface area contributed by atoms with Gasteiger partial charge in [0.1, 0.15) is 0 Å². The third-order valence-electron chi connectivity index (χ3n) is 4.54. The van der Waals surface area contributed by atoms with E-state index in [1.54, 1.807) is 12.1 Å². The van der Waals surface area contributed by atoms with Crippen molar-refractivity contribution in [3.63, 3.8) is 0 Å². The average molecular weight is 372 g/mol. The highest BCUT2D eigenvalue weighted by molar-refractivity contribution is 7.90. The summed E-state index contributed by atoms with van der Waals surface area (Å²) in [6.45, 7) is 1.50. The van der Waals surface area contributed by atoms with Crippen LogP contribution in [0.2, 0.25) is 0 Å². The number of Topliss-reactive ketones (excluding diaryl/α,β-unsaturated/α-hetero) is 1. The molecule has 0 aliphatic heterocycles. The van der Waals surface area contributed by atoms with Crippen molar-refractivity contribution in [1.29, 1.82) is 0 Å². The van der Waals surface area contributed by atoms with E-state index in [1.165, 1.54) is 30.7 Å². The van der Waals surface area contributed by atoms with Gasteiger partial charge in [0, 0.05) is 11.8 Å². The summed E-state index contributed by atoms with van der Waals surface area (Å²) in [6, 6.07) is 11.4. The number of carbonyl (C=O) groups excluding carboxylic acids is 2. The van der Waals surface area contributed by atoms with Crippen molar-refractivity contribution in [3.05, 3.63) is 64.7 Å². The van der Waals surface area contributed by atoms with Crippen LogP contribution in [0.3, 0.4) is 0 Å². The zero-order valence-electron chi connectivity index (χ0n) is 14.7. The second-order valence-electron chi connectivity index (χ2n) is 6.52. The molecule has 3 rings (SSSR count). The van der Waals surface area contributed by atoms with Gasteiger partial charge in [0.2, 0.25) is 5.78 Å². The summed E-state index contributed by atoms with van der Waals surface area (Å²) in [4.78, 5) is 24.9. The van der Waals surface area contributed by atoms with Gasteiger partial charge in [-0.25, -0.2) is 13.2 Å². The number of hydrogen-bond acceptors (Lipinski definition) is 5. The molecule has 6 heteroatoms. The van der Waals surface area contributed by atoms with Gasteiger partial charge < -0.3 is 4.74 Å². The number of esters is 1. The number of hydrogen-bond donors (Lipinski definition) is 0. The van der Waals surface area contributed by atoms with E-state index >= 15 is 0 Å². The Morgan fingerprint density at radius 1 is 1.04 bits per heavy atom. The molecule has 0 spiro atoms. The SMILES string of the molecule is C[C@@H](OC(=O)c1ccccc1S(C)(=O)=O)C(=O)c1ccc2c(c1)CCC2. The van der Waals surface area contributed by atoms with Crippen LogP contribution in [-0.4, -0.2) is 32.5 Å². The molecule has 2 aromatic carbocycles. The minimum absolute atomic E-state index is 0.0661. The molecule has 26 heavy (non-hydrogen) atoms. The van der Waals surface area contributed by atoms with Crippen molar-refractivity contribution in [2.24, 2.45) is 0 Å². The van der Waals surface area contributed by atoms with Crippen LogP contribution in [-0.2, 0) is 27.4 Å². The van der Waals surface area contributed by atoms with Crippen LogP contribution < -0.4 is 0 Å². The Morgan fingerprint density at radius 3 is 2.46 bits per heavy atom. The predicted molar refractivity (Wildman–Crippen MR) is 97.2 cm³/mol. The van der Waals surface area contributed by atoms with Crippen LogP contribution in [0.25, 0.3) is 0 Å². The van der Waals surface area contributed by atoms with Gasteiger partial charge in [-0.15, -0.1) is 0 Å². The molecular formula is C20H20O5S. The van der Waals surface area contributed by atoms with E-state index in [0.29, 0.717) is 5.56 Å². The number of rotatable bonds is 5. The van der Waals surface area contributed by atoms with Gasteiger partial charge in [0.15, 0.2) is 15.9 Å². The quantitative estimate of drug-likeness (QED) is 0.596. The van der Waals surface area contributed by atoms with Crippen LogP contribution >= 0.6 is 0 Å². The van der Waals surface area contributed by atoms with Crippen LogP contribution in [0.1, 0.15) is 45.2 Å². The summed E-state index contributed by atoms with van der Waals surface area (Å²) in [7, 11) is -3.58. The molecule has 0 N–H and O–H groups in total. The van der Waals surface area contributed by atoms with Gasteiger partial charge in [-0.3, -0.25) is 4.79 Å². The topological polar surface area (TPSA) is 77.5 Å². The van der Waals surface area contributed by atoms with Crippen LogP contribution in [0, 0.1) is 0 Å². The fourth-order valence-electron chi connectivity index (χ4n) is 3.20. The van der Waals surface area contributed by atoms with E-state index in [4.69, 9.17) is 4.74 Å². The van der Waals surface area contributed by atoms with E-state index in [9.17, 15) is 18.0 Å². The summed E-state index contributed by atoms with van der Waals surface area (Å²) in [5.41, 5.74) is 2.86. The van der Waals surface area contributed by atoms with Gasteiger partial charge in [-0.05, 0) is 55.5 Å². The fraction of sp³-hybridized carbons (Fsp3) is 0.300. The van der Waals surface area contributed by atoms with Crippen molar-refractivity contribution in [2.75, 3.05) is 6.26 Å². The Kier molecular flexibility index (Phi) is 4.96. The van der Waals surface area contributed by atoms with Gasteiger partial charge in [-0.2, -0.15) is 0 Å². The molecule has 1 atom stereocenters. The Morgan fingerprint density at radius 2 is 1.73 bits per heavy atom. The third-order valence-corrected chi connectivity index (χ3v) is 5.70. The van der Waals surface area contributed by atoms with Gasteiger partial charge in [0.25, 0.3) is 0 Å². The van der Waals surface area contributed by atoms with Crippen LogP contribution in [0.4, 0.5) is 0 Å². The molecule has 0 radical (unpaired) electrons. The monoisotopic (exact) mass is 372 g/mol. The number of fused-ring (bicyclic) bond motifs is 1. The Balaban J connectivity index is 1.79. The molecule has 0 saturated carbocycles. The molecule has 2 aromatic rings. The van der Waals surface area contributed by atoms with Crippen molar-refractivity contribution in [2.45, 2.75) is 37.2 Å². The lowest BCUT2D eigenvalue weighted by molar-refractivity contribution is 0.0315. The highest BCUT2D eigenvalue weighted by atomic mass is 32.2. The number of aryl methyl sites for hydroxylation is 2. The summed E-state index contributed by atoms with van der Waals surface area (Å²) in [6.07, 6.45) is 3.08. The molecule has 1 aliphatic carbocycles. The number of benzene rings is 2. The zero-order chi connectivity index (χ0) is 18.9. The Labute approximate surface area is 152 Å². The van der Waals surface area contributed by atoms with E-state index in [-0.39, 0.29) is 16.2 Å². The van der Waals surface area contributed by atoms with Crippen molar-refractivity contribution in [3.8, 4) is 0 Å². The number of ketones is 1. The second-order valence-corrected chi connectivity index (χ2v) is 8.50. The van der Waals surface area contributed by atoms with Crippen LogP contribution in [0.5, 0.6) is 0 Å². The molecule has 0 aromatic heterocycles. The summed E-state index contributed by atoms with van der Waals surface area (Å²) in [5, 5.41) is 0. The first kappa shape index (κ1) is 18.3. The highest BCUT2D eigenvalue weighted by Crippen LogP contribution is 2.24. The first-order chi connectivity index (χ1) is 12.3. The second kappa shape index (κ2) is 7.03. The lowest BCUT2D eigenvalue weighted by atomic mass is 10.0. The van der Waals surface area contributed by atoms with E-state index in [1.807, 2.05) is 12.1 Å². The Hall–Kier alpha value is -2.47. The maximum Gasteiger partial charge on any atom is 0.340 e. The minimum atomic E-state index is -3.58. The summed E-state index contributed by atoms with van der Waals surface area (Å²) < 4.78 is 28.9. The summed E-state index contributed by atoms with van der Waals surface area (Å²) in [5.74, 6) is -1.13. The normalized spacial score (nSPS) is 14.5. The maximum atomic E-state index is 12.6. The zero-order valence-corrected chi connectivity index (χ0v) is 15.5. The fourth-order valence-corrected chi connectivity index (χ4v) is 4.07. The lowest BCUT2D eigenvalue weighted by Crippen LogP contribution is -2.25. The molecule has 0 saturated heterocycles. The first-order valence-electron chi connectivity index (χ1n) is 8.43. The average Bonchev–Trinajstić information content (AvgIpc) is 3.07. The van der Waals surface area contributed by atoms with Gasteiger partial charge >= 0.3 is 5.97 Å². The van der Waals surface area contributed by atoms with Gasteiger partial charge in [0.05, 0.1) is 10.5 Å². The maximum absolute atomic E-state index is 12.6. The van der Waals surface area contributed by atoms with Gasteiger partial charge in [-0.1, -0.05) is 24.3 Å². The molecule has 0 heterocycles. The van der Waals surface area contributed by atoms with Crippen molar-refractivity contribution >= 4 is 21.6 Å². The van der Waals surface area contributed by atoms with E-state index in [0.717, 1.165) is 31.1 Å². The number of ether oxygens (including phenoxy) is 1. The third kappa shape index (κ3) is 3.70. The first-order valence-corrected chi connectivity index (χ1v) is 10.3. The van der Waals surface area contributed by atoms with E-state index in [2.05, 4.69) is 0 Å². The molecule has 0 fully saturated rings. The molecule has 5 nitrogen and oxygen atoms in total. The molecular weight excluding hydrogens is 352 g/mol. The number of sulfone groups is 1. The highest BCUT2D eigenvalue weighted by Gasteiger charge is 2.25. The molecule has 136 valence electrons. The lowest BCUT2D eigenvalue weighted by Gasteiger charge is -2.14. The molecule has 0 amide bonds. The minimum Gasteiger partial charge on any atom is -0.451 e. The molecule has 1 aliphatic rings.